The fraction of sp³-hybridized carbons (Fsp3) is 0.0526. The number of pyridine rings is 1. The molecule has 0 aliphatic rings. The summed E-state index contributed by atoms with van der Waals surface area (Å²) < 4.78 is 0. The molecule has 0 fully saturated rings. The molecule has 1 aromatic carbocycles. The Labute approximate surface area is 154 Å². The van der Waals surface area contributed by atoms with Crippen LogP contribution in [-0.4, -0.2) is 25.7 Å². The van der Waals surface area contributed by atoms with Crippen molar-refractivity contribution in [3.63, 3.8) is 0 Å². The number of nitrogens with one attached hydrogen (secondary N) is 2. The van der Waals surface area contributed by atoms with Crippen molar-refractivity contribution in [3.05, 3.63) is 65.6 Å². The maximum Gasteiger partial charge on any atom is 0.227 e. The summed E-state index contributed by atoms with van der Waals surface area (Å²) in [5, 5.41) is 4.50. The van der Waals surface area contributed by atoms with Crippen LogP contribution in [0.25, 0.3) is 22.3 Å². The van der Waals surface area contributed by atoms with Gasteiger partial charge < -0.3 is 10.3 Å². The number of fused-ring (bicyclic) bond motifs is 1. The molecule has 0 amide bonds. The van der Waals surface area contributed by atoms with Crippen molar-refractivity contribution in [1.29, 1.82) is 0 Å². The molecule has 128 valence electrons. The average Bonchev–Trinajstić information content (AvgIpc) is 3.08. The second kappa shape index (κ2) is 6.57. The number of carbonyl (C=O) groups excluding carboxylic acids is 1. The van der Waals surface area contributed by atoms with Gasteiger partial charge in [0, 0.05) is 30.4 Å². The summed E-state index contributed by atoms with van der Waals surface area (Å²) in [6, 6.07) is 12.9. The molecule has 0 atom stereocenters. The fourth-order valence-corrected chi connectivity index (χ4v) is 2.94. The molecule has 3 aromatic heterocycles. The molecule has 0 radical (unpaired) electrons. The maximum absolute atomic E-state index is 11.6. The summed E-state index contributed by atoms with van der Waals surface area (Å²) in [6.07, 6.45) is 3.39. The van der Waals surface area contributed by atoms with Crippen LogP contribution >= 0.6 is 11.6 Å². The molecule has 0 saturated carbocycles. The number of anilines is 2. The Morgan fingerprint density at radius 3 is 2.73 bits per heavy atom. The van der Waals surface area contributed by atoms with Gasteiger partial charge in [0.25, 0.3) is 0 Å². The Balaban J connectivity index is 1.68. The lowest BCUT2D eigenvalue weighted by Crippen LogP contribution is -1.98. The molecule has 2 N–H and O–H groups in total. The SMILES string of the molecule is CC(=O)c1cc2cc(Nc3nccc(-c4ccccn4)n3)cc(Cl)c2[nH]1. The highest BCUT2D eigenvalue weighted by atomic mass is 35.5. The molecule has 0 unspecified atom stereocenters. The van der Waals surface area contributed by atoms with Gasteiger partial charge in [-0.05, 0) is 36.4 Å². The van der Waals surface area contributed by atoms with Gasteiger partial charge in [0.05, 0.1) is 27.6 Å². The molecule has 0 saturated heterocycles. The molecule has 0 spiro atoms. The van der Waals surface area contributed by atoms with Gasteiger partial charge in [0.2, 0.25) is 5.95 Å². The lowest BCUT2D eigenvalue weighted by atomic mass is 10.2. The lowest BCUT2D eigenvalue weighted by molar-refractivity contribution is 0.101. The number of Topliss-reactive ketones (excluding diaryl/α,β-unsaturated/α-hetero) is 1. The molecule has 0 aliphatic carbocycles. The number of ketones is 1. The van der Waals surface area contributed by atoms with E-state index in [9.17, 15) is 4.79 Å². The number of hydrogen-bond acceptors (Lipinski definition) is 5. The third-order valence-electron chi connectivity index (χ3n) is 3.90. The van der Waals surface area contributed by atoms with Gasteiger partial charge in [-0.1, -0.05) is 17.7 Å². The van der Waals surface area contributed by atoms with Gasteiger partial charge in [0.15, 0.2) is 5.78 Å². The minimum Gasteiger partial charge on any atom is -0.351 e. The van der Waals surface area contributed by atoms with Crippen LogP contribution in [0.2, 0.25) is 5.02 Å². The third-order valence-corrected chi connectivity index (χ3v) is 4.20. The number of halogens is 1. The van der Waals surface area contributed by atoms with Crippen LogP contribution in [0.5, 0.6) is 0 Å². The van der Waals surface area contributed by atoms with Gasteiger partial charge in [-0.25, -0.2) is 9.97 Å². The predicted molar refractivity (Wildman–Crippen MR) is 102 cm³/mol. The average molecular weight is 364 g/mol. The number of hydrogen-bond donors (Lipinski definition) is 2. The van der Waals surface area contributed by atoms with Crippen LogP contribution < -0.4 is 5.32 Å². The van der Waals surface area contributed by atoms with Crippen LogP contribution in [0, 0.1) is 0 Å². The highest BCUT2D eigenvalue weighted by Gasteiger charge is 2.10. The van der Waals surface area contributed by atoms with Crippen LogP contribution in [0.3, 0.4) is 0 Å². The zero-order valence-electron chi connectivity index (χ0n) is 13.8. The zero-order valence-corrected chi connectivity index (χ0v) is 14.6. The van der Waals surface area contributed by atoms with Crippen molar-refractivity contribution in [1.82, 2.24) is 19.9 Å². The molecular weight excluding hydrogens is 350 g/mol. The standard InChI is InChI=1S/C19H14ClN5O/c1-11(26)17-9-12-8-13(10-14(20)18(12)24-17)23-19-22-7-5-16(25-19)15-4-2-3-6-21-15/h2-10,24H,1H3,(H,22,23,25). The van der Waals surface area contributed by atoms with E-state index in [4.69, 9.17) is 11.6 Å². The molecular formula is C19H14ClN5O. The predicted octanol–water partition coefficient (Wildman–Crippen LogP) is 4.62. The van der Waals surface area contributed by atoms with E-state index in [0.717, 1.165) is 28.0 Å². The van der Waals surface area contributed by atoms with E-state index in [-0.39, 0.29) is 5.78 Å². The highest BCUT2D eigenvalue weighted by molar-refractivity contribution is 6.35. The Bertz CT molecular complexity index is 1110. The number of rotatable bonds is 4. The van der Waals surface area contributed by atoms with Gasteiger partial charge in [-0.15, -0.1) is 0 Å². The molecule has 4 rings (SSSR count). The molecule has 26 heavy (non-hydrogen) atoms. The molecule has 6 nitrogen and oxygen atoms in total. The summed E-state index contributed by atoms with van der Waals surface area (Å²) in [5.41, 5.74) is 3.46. The van der Waals surface area contributed by atoms with E-state index >= 15 is 0 Å². The Kier molecular flexibility index (Phi) is 4.10. The van der Waals surface area contributed by atoms with E-state index in [1.54, 1.807) is 30.6 Å². The van der Waals surface area contributed by atoms with Gasteiger partial charge in [-0.3, -0.25) is 9.78 Å². The molecule has 4 aromatic rings. The number of nitrogens with zero attached hydrogens (tertiary/aromatic N) is 3. The van der Waals surface area contributed by atoms with Crippen molar-refractivity contribution in [3.8, 4) is 11.4 Å². The Morgan fingerprint density at radius 2 is 1.96 bits per heavy atom. The Hall–Kier alpha value is -3.25. The number of aromatic nitrogens is 4. The normalized spacial score (nSPS) is 10.8. The van der Waals surface area contributed by atoms with Crippen molar-refractivity contribution in [2.45, 2.75) is 6.92 Å². The quantitative estimate of drug-likeness (QED) is 0.517. The molecule has 0 aliphatic heterocycles. The first kappa shape index (κ1) is 16.2. The second-order valence-corrected chi connectivity index (χ2v) is 6.17. The van der Waals surface area contributed by atoms with E-state index < -0.39 is 0 Å². The summed E-state index contributed by atoms with van der Waals surface area (Å²) in [5.74, 6) is 0.393. The van der Waals surface area contributed by atoms with Gasteiger partial charge in [-0.2, -0.15) is 0 Å². The topological polar surface area (TPSA) is 83.6 Å². The smallest absolute Gasteiger partial charge is 0.227 e. The first-order valence-corrected chi connectivity index (χ1v) is 8.32. The first-order valence-electron chi connectivity index (χ1n) is 7.95. The third kappa shape index (κ3) is 3.14. The molecule has 0 bridgehead atoms. The second-order valence-electron chi connectivity index (χ2n) is 5.77. The summed E-state index contributed by atoms with van der Waals surface area (Å²) >= 11 is 6.34. The first-order chi connectivity index (χ1) is 12.6. The van der Waals surface area contributed by atoms with Crippen molar-refractivity contribution >= 4 is 39.9 Å². The van der Waals surface area contributed by atoms with E-state index in [2.05, 4.69) is 25.3 Å². The number of benzene rings is 1. The molecule has 3 heterocycles. The van der Waals surface area contributed by atoms with Crippen LogP contribution in [0.15, 0.2) is 54.9 Å². The Morgan fingerprint density at radius 1 is 1.08 bits per heavy atom. The van der Waals surface area contributed by atoms with Crippen LogP contribution in [0.1, 0.15) is 17.4 Å². The van der Waals surface area contributed by atoms with Crippen LogP contribution in [0.4, 0.5) is 11.6 Å². The summed E-state index contributed by atoms with van der Waals surface area (Å²) in [6.45, 7) is 1.51. The van der Waals surface area contributed by atoms with Crippen molar-refractivity contribution < 1.29 is 4.79 Å². The largest absolute Gasteiger partial charge is 0.351 e. The van der Waals surface area contributed by atoms with E-state index in [1.165, 1.54) is 6.92 Å². The van der Waals surface area contributed by atoms with Crippen molar-refractivity contribution in [2.24, 2.45) is 0 Å². The lowest BCUT2D eigenvalue weighted by Gasteiger charge is -2.07. The summed E-state index contributed by atoms with van der Waals surface area (Å²) in [4.78, 5) is 27.6. The monoisotopic (exact) mass is 363 g/mol. The van der Waals surface area contributed by atoms with E-state index in [0.29, 0.717) is 16.7 Å². The minimum atomic E-state index is -0.0434. The number of aromatic amines is 1. The number of carbonyl (C=O) groups is 1. The summed E-state index contributed by atoms with van der Waals surface area (Å²) in [7, 11) is 0. The van der Waals surface area contributed by atoms with Gasteiger partial charge >= 0.3 is 0 Å². The maximum atomic E-state index is 11.6. The minimum absolute atomic E-state index is 0.0434. The zero-order chi connectivity index (χ0) is 18.1. The highest BCUT2D eigenvalue weighted by Crippen LogP contribution is 2.29. The van der Waals surface area contributed by atoms with Gasteiger partial charge in [0.1, 0.15) is 0 Å². The molecule has 7 heteroatoms. The van der Waals surface area contributed by atoms with E-state index in [1.807, 2.05) is 24.3 Å². The van der Waals surface area contributed by atoms with Crippen molar-refractivity contribution in [2.75, 3.05) is 5.32 Å². The van der Waals surface area contributed by atoms with Crippen LogP contribution in [-0.2, 0) is 0 Å². The fourth-order valence-electron chi connectivity index (χ4n) is 2.67. The number of H-pyrrole nitrogens is 1.